The van der Waals surface area contributed by atoms with Gasteiger partial charge in [0.25, 0.3) is 0 Å². The second-order valence-corrected chi connectivity index (χ2v) is 4.02. The second kappa shape index (κ2) is 5.27. The van der Waals surface area contributed by atoms with E-state index in [0.29, 0.717) is 6.54 Å². The van der Waals surface area contributed by atoms with Gasteiger partial charge in [-0.05, 0) is 29.8 Å². The first-order chi connectivity index (χ1) is 7.06. The quantitative estimate of drug-likeness (QED) is 0.824. The molecule has 0 saturated heterocycles. The number of carbonyl (C=O) groups is 1. The van der Waals surface area contributed by atoms with Gasteiger partial charge in [-0.25, -0.2) is 0 Å². The third-order valence-corrected chi connectivity index (χ3v) is 3.08. The molecule has 84 valence electrons. The Labute approximate surface area is 97.1 Å². The molecule has 0 aliphatic rings. The Balaban J connectivity index is 2.70. The van der Waals surface area contributed by atoms with Crippen molar-refractivity contribution < 1.29 is 4.79 Å². The average Bonchev–Trinajstić information content (AvgIpc) is 2.44. The Morgan fingerprint density at radius 1 is 1.67 bits per heavy atom. The van der Waals surface area contributed by atoms with Crippen LogP contribution in [-0.4, -0.2) is 22.2 Å². The molecular weight excluding hydrogens is 260 g/mol. The molecule has 3 N–H and O–H groups in total. The van der Waals surface area contributed by atoms with Gasteiger partial charge in [-0.3, -0.25) is 9.48 Å². The molecule has 0 spiro atoms. The number of hydrogen-bond acceptors (Lipinski definition) is 3. The molecule has 6 heteroatoms. The van der Waals surface area contributed by atoms with E-state index in [9.17, 15) is 4.79 Å². The summed E-state index contributed by atoms with van der Waals surface area (Å²) in [5.74, 6) is -0.356. The van der Waals surface area contributed by atoms with Crippen LogP contribution in [0.2, 0.25) is 0 Å². The summed E-state index contributed by atoms with van der Waals surface area (Å²) < 4.78 is 2.88. The lowest BCUT2D eigenvalue weighted by Crippen LogP contribution is -2.29. The van der Waals surface area contributed by atoms with Crippen molar-refractivity contribution >= 4 is 21.8 Å². The zero-order valence-electron chi connectivity index (χ0n) is 8.88. The Kier molecular flexibility index (Phi) is 4.28. The monoisotopic (exact) mass is 274 g/mol. The van der Waals surface area contributed by atoms with E-state index in [1.807, 2.05) is 18.5 Å². The molecule has 1 heterocycles. The molecule has 0 atom stereocenters. The number of nitrogens with two attached hydrogens (primary N) is 1. The van der Waals surface area contributed by atoms with Crippen LogP contribution in [0.15, 0.2) is 4.47 Å². The lowest BCUT2D eigenvalue weighted by atomic mass is 10.3. The fourth-order valence-electron chi connectivity index (χ4n) is 1.34. The van der Waals surface area contributed by atoms with Crippen LogP contribution in [0, 0.1) is 6.92 Å². The molecule has 0 aliphatic heterocycles. The highest BCUT2D eigenvalue weighted by molar-refractivity contribution is 9.10. The van der Waals surface area contributed by atoms with Crippen molar-refractivity contribution in [1.29, 1.82) is 0 Å². The number of primary amides is 1. The first-order valence-corrected chi connectivity index (χ1v) is 5.56. The van der Waals surface area contributed by atoms with E-state index in [-0.39, 0.29) is 12.5 Å². The minimum Gasteiger partial charge on any atom is -0.369 e. The summed E-state index contributed by atoms with van der Waals surface area (Å²) in [5, 5.41) is 7.30. The fourth-order valence-corrected chi connectivity index (χ4v) is 1.77. The molecule has 0 bridgehead atoms. The molecule has 0 fully saturated rings. The molecule has 1 aromatic heterocycles. The molecule has 5 nitrogen and oxygen atoms in total. The summed E-state index contributed by atoms with van der Waals surface area (Å²) in [6.07, 6.45) is 0. The van der Waals surface area contributed by atoms with Gasteiger partial charge in [0, 0.05) is 13.1 Å². The van der Waals surface area contributed by atoms with Crippen LogP contribution in [0.25, 0.3) is 0 Å². The number of nitrogens with one attached hydrogen (secondary N) is 1. The predicted octanol–water partition coefficient (Wildman–Crippen LogP) is 0.549. The molecule has 0 radical (unpaired) electrons. The van der Waals surface area contributed by atoms with Gasteiger partial charge in [-0.15, -0.1) is 0 Å². The minimum atomic E-state index is -0.356. The number of aryl methyl sites for hydroxylation is 2. The summed E-state index contributed by atoms with van der Waals surface area (Å²) in [6, 6.07) is 0. The SMILES string of the molecule is CCn1nc(C)c(Br)c1CNCC(N)=O. The smallest absolute Gasteiger partial charge is 0.231 e. The van der Waals surface area contributed by atoms with Crippen molar-refractivity contribution in [2.45, 2.75) is 26.9 Å². The lowest BCUT2D eigenvalue weighted by molar-refractivity contribution is -0.117. The lowest BCUT2D eigenvalue weighted by Gasteiger charge is -2.05. The maximum absolute atomic E-state index is 10.6. The fraction of sp³-hybridized carbons (Fsp3) is 0.556. The van der Waals surface area contributed by atoms with Gasteiger partial charge in [0.1, 0.15) is 0 Å². The molecule has 15 heavy (non-hydrogen) atoms. The highest BCUT2D eigenvalue weighted by atomic mass is 79.9. The van der Waals surface area contributed by atoms with Crippen LogP contribution in [0.4, 0.5) is 0 Å². The molecular formula is C9H15BrN4O. The molecule has 0 aromatic carbocycles. The zero-order valence-corrected chi connectivity index (χ0v) is 10.5. The van der Waals surface area contributed by atoms with Crippen LogP contribution in [0.5, 0.6) is 0 Å². The van der Waals surface area contributed by atoms with Crippen molar-refractivity contribution in [3.63, 3.8) is 0 Å². The minimum absolute atomic E-state index is 0.181. The highest BCUT2D eigenvalue weighted by Gasteiger charge is 2.11. The Hall–Kier alpha value is -0.880. The molecule has 1 aromatic rings. The molecule has 0 saturated carbocycles. The topological polar surface area (TPSA) is 72.9 Å². The van der Waals surface area contributed by atoms with E-state index >= 15 is 0 Å². The third-order valence-electron chi connectivity index (χ3n) is 2.04. The first kappa shape index (κ1) is 12.2. The summed E-state index contributed by atoms with van der Waals surface area (Å²) in [4.78, 5) is 10.6. The first-order valence-electron chi connectivity index (χ1n) is 4.77. The van der Waals surface area contributed by atoms with Gasteiger partial charge >= 0.3 is 0 Å². The van der Waals surface area contributed by atoms with E-state index in [0.717, 1.165) is 22.4 Å². The highest BCUT2D eigenvalue weighted by Crippen LogP contribution is 2.20. The van der Waals surface area contributed by atoms with E-state index in [1.54, 1.807) is 0 Å². The van der Waals surface area contributed by atoms with Gasteiger partial charge in [-0.1, -0.05) is 0 Å². The van der Waals surface area contributed by atoms with Crippen LogP contribution >= 0.6 is 15.9 Å². The number of hydrogen-bond donors (Lipinski definition) is 2. The van der Waals surface area contributed by atoms with E-state index in [4.69, 9.17) is 5.73 Å². The number of carbonyl (C=O) groups excluding carboxylic acids is 1. The van der Waals surface area contributed by atoms with E-state index < -0.39 is 0 Å². The Bertz CT molecular complexity index is 361. The zero-order chi connectivity index (χ0) is 11.4. The normalized spacial score (nSPS) is 10.6. The average molecular weight is 275 g/mol. The Morgan fingerprint density at radius 3 is 2.87 bits per heavy atom. The third kappa shape index (κ3) is 3.04. The van der Waals surface area contributed by atoms with Gasteiger partial charge in [-0.2, -0.15) is 5.10 Å². The van der Waals surface area contributed by atoms with Crippen molar-refractivity contribution in [2.24, 2.45) is 5.73 Å². The maximum atomic E-state index is 10.6. The summed E-state index contributed by atoms with van der Waals surface area (Å²) in [7, 11) is 0. The van der Waals surface area contributed by atoms with E-state index in [2.05, 4.69) is 26.3 Å². The summed E-state index contributed by atoms with van der Waals surface area (Å²) >= 11 is 3.47. The van der Waals surface area contributed by atoms with Crippen molar-refractivity contribution in [3.05, 3.63) is 15.9 Å². The van der Waals surface area contributed by atoms with Crippen LogP contribution in [-0.2, 0) is 17.9 Å². The van der Waals surface area contributed by atoms with Gasteiger partial charge in [0.2, 0.25) is 5.91 Å². The largest absolute Gasteiger partial charge is 0.369 e. The second-order valence-electron chi connectivity index (χ2n) is 3.23. The summed E-state index contributed by atoms with van der Waals surface area (Å²) in [5.41, 5.74) is 7.02. The van der Waals surface area contributed by atoms with Gasteiger partial charge in [0.05, 0.1) is 22.4 Å². The van der Waals surface area contributed by atoms with Crippen LogP contribution in [0.3, 0.4) is 0 Å². The number of halogens is 1. The Morgan fingerprint density at radius 2 is 2.33 bits per heavy atom. The van der Waals surface area contributed by atoms with E-state index in [1.165, 1.54) is 0 Å². The van der Waals surface area contributed by atoms with Crippen molar-refractivity contribution in [1.82, 2.24) is 15.1 Å². The number of rotatable bonds is 5. The van der Waals surface area contributed by atoms with Crippen molar-refractivity contribution in [3.8, 4) is 0 Å². The van der Waals surface area contributed by atoms with Crippen LogP contribution < -0.4 is 11.1 Å². The number of amides is 1. The van der Waals surface area contributed by atoms with Gasteiger partial charge in [0.15, 0.2) is 0 Å². The molecule has 0 unspecified atom stereocenters. The maximum Gasteiger partial charge on any atom is 0.231 e. The molecule has 1 amide bonds. The van der Waals surface area contributed by atoms with Gasteiger partial charge < -0.3 is 11.1 Å². The number of aromatic nitrogens is 2. The number of nitrogens with zero attached hydrogens (tertiary/aromatic N) is 2. The predicted molar refractivity (Wildman–Crippen MR) is 61.2 cm³/mol. The molecule has 0 aliphatic carbocycles. The molecule has 1 rings (SSSR count). The summed E-state index contributed by atoms with van der Waals surface area (Å²) in [6.45, 7) is 5.53. The van der Waals surface area contributed by atoms with Crippen LogP contribution in [0.1, 0.15) is 18.3 Å². The standard InChI is InChI=1S/C9H15BrN4O/c1-3-14-7(4-12-5-8(11)15)9(10)6(2)13-14/h12H,3-5H2,1-2H3,(H2,11,15). The van der Waals surface area contributed by atoms with Crippen molar-refractivity contribution in [2.75, 3.05) is 6.54 Å².